The Kier molecular flexibility index (Phi) is 3.98. The van der Waals surface area contributed by atoms with Gasteiger partial charge in [-0.15, -0.1) is 0 Å². The van der Waals surface area contributed by atoms with Gasteiger partial charge in [0.05, 0.1) is 6.54 Å². The minimum Gasteiger partial charge on any atom is -0.451 e. The lowest BCUT2D eigenvalue weighted by Crippen LogP contribution is -2.26. The fourth-order valence-corrected chi connectivity index (χ4v) is 4.89. The van der Waals surface area contributed by atoms with Gasteiger partial charge in [-0.2, -0.15) is 0 Å². The number of hydrogen-bond donors (Lipinski definition) is 2. The second kappa shape index (κ2) is 6.35. The zero-order valence-corrected chi connectivity index (χ0v) is 15.8. The summed E-state index contributed by atoms with van der Waals surface area (Å²) in [4.78, 5) is 14.7. The van der Waals surface area contributed by atoms with E-state index in [0.717, 1.165) is 61.7 Å². The summed E-state index contributed by atoms with van der Waals surface area (Å²) in [5.74, 6) is 1.02. The Balaban J connectivity index is 1.27. The zero-order chi connectivity index (χ0) is 17.7. The third-order valence-electron chi connectivity index (χ3n) is 5.78. The second-order valence-electron chi connectivity index (χ2n) is 7.54. The van der Waals surface area contributed by atoms with Crippen molar-refractivity contribution < 1.29 is 9.21 Å². The van der Waals surface area contributed by atoms with Crippen LogP contribution in [0.2, 0.25) is 0 Å². The van der Waals surface area contributed by atoms with Gasteiger partial charge >= 0.3 is 6.03 Å². The van der Waals surface area contributed by atoms with E-state index >= 15 is 0 Å². The van der Waals surface area contributed by atoms with Crippen LogP contribution in [0.5, 0.6) is 0 Å². The van der Waals surface area contributed by atoms with Gasteiger partial charge in [0.2, 0.25) is 0 Å². The molecule has 3 aliphatic rings. The first kappa shape index (κ1) is 16.3. The average molecular weight is 369 g/mol. The third-order valence-corrected chi connectivity index (χ3v) is 6.47. The first-order valence-electron chi connectivity index (χ1n) is 9.38. The van der Waals surface area contributed by atoms with Gasteiger partial charge < -0.3 is 9.73 Å². The van der Waals surface area contributed by atoms with E-state index in [-0.39, 0.29) is 6.03 Å². The Morgan fingerprint density at radius 2 is 1.92 bits per heavy atom. The topological polar surface area (TPSA) is 57.5 Å². The molecule has 136 valence electrons. The van der Waals surface area contributed by atoms with Gasteiger partial charge in [0.15, 0.2) is 5.09 Å². The number of furan rings is 1. The summed E-state index contributed by atoms with van der Waals surface area (Å²) in [6, 6.07) is 4.24. The number of aryl methyl sites for hydroxylation is 2. The molecule has 1 aromatic heterocycles. The quantitative estimate of drug-likeness (QED) is 0.811. The molecule has 0 spiro atoms. The van der Waals surface area contributed by atoms with E-state index in [0.29, 0.717) is 0 Å². The van der Waals surface area contributed by atoms with Gasteiger partial charge in [-0.3, -0.25) is 9.62 Å². The molecule has 2 N–H and O–H groups in total. The highest BCUT2D eigenvalue weighted by atomic mass is 32.2. The monoisotopic (exact) mass is 369 g/mol. The van der Waals surface area contributed by atoms with E-state index in [2.05, 4.69) is 34.1 Å². The molecule has 0 saturated heterocycles. The maximum Gasteiger partial charge on any atom is 0.329 e. The predicted molar refractivity (Wildman–Crippen MR) is 103 cm³/mol. The first-order valence-corrected chi connectivity index (χ1v) is 10.2. The number of hydrogen-bond acceptors (Lipinski definition) is 4. The molecular formula is C20H23N3O2S. The van der Waals surface area contributed by atoms with E-state index in [1.807, 2.05) is 0 Å². The molecule has 0 unspecified atom stereocenters. The molecule has 5 rings (SSSR count). The number of benzene rings is 1. The molecule has 0 bridgehead atoms. The average Bonchev–Trinajstić information content (AvgIpc) is 3.21. The van der Waals surface area contributed by atoms with Crippen molar-refractivity contribution in [1.29, 1.82) is 0 Å². The Bertz CT molecular complexity index is 890. The Labute approximate surface area is 157 Å². The molecule has 2 amide bonds. The van der Waals surface area contributed by atoms with Crippen LogP contribution in [0.4, 0.5) is 10.5 Å². The number of amides is 2. The number of fused-ring (bicyclic) bond motifs is 3. The van der Waals surface area contributed by atoms with E-state index in [1.165, 1.54) is 46.2 Å². The minimum absolute atomic E-state index is 0.170. The fraction of sp³-hybridized carbons (Fsp3) is 0.450. The van der Waals surface area contributed by atoms with Crippen molar-refractivity contribution >= 4 is 23.7 Å². The fourth-order valence-electron chi connectivity index (χ4n) is 4.30. The summed E-state index contributed by atoms with van der Waals surface area (Å²) < 4.78 is 8.77. The van der Waals surface area contributed by atoms with Crippen LogP contribution < -0.4 is 10.0 Å². The predicted octanol–water partition coefficient (Wildman–Crippen LogP) is 3.68. The number of nitrogens with one attached hydrogen (secondary N) is 2. The van der Waals surface area contributed by atoms with Crippen LogP contribution in [-0.2, 0) is 38.6 Å². The van der Waals surface area contributed by atoms with Crippen molar-refractivity contribution in [3.05, 3.63) is 45.7 Å². The lowest BCUT2D eigenvalue weighted by atomic mass is 9.83. The summed E-state index contributed by atoms with van der Waals surface area (Å²) in [6.07, 6.45) is 6.62. The largest absolute Gasteiger partial charge is 0.451 e. The van der Waals surface area contributed by atoms with Crippen molar-refractivity contribution in [2.75, 3.05) is 18.9 Å². The maximum atomic E-state index is 12.5. The number of urea groups is 1. The third kappa shape index (κ3) is 2.81. The maximum absolute atomic E-state index is 12.5. The van der Waals surface area contributed by atoms with Crippen molar-refractivity contribution in [3.8, 4) is 0 Å². The molecule has 1 aromatic carbocycles. The molecule has 2 heterocycles. The number of carbonyl (C=O) groups is 1. The van der Waals surface area contributed by atoms with E-state index in [4.69, 9.17) is 4.42 Å². The summed E-state index contributed by atoms with van der Waals surface area (Å²) >= 11 is 1.26. The van der Waals surface area contributed by atoms with Crippen LogP contribution in [0.25, 0.3) is 0 Å². The number of carbonyl (C=O) groups excluding carboxylic acids is 1. The molecule has 1 aliphatic heterocycles. The highest BCUT2D eigenvalue weighted by Gasteiger charge is 2.26. The smallest absolute Gasteiger partial charge is 0.329 e. The van der Waals surface area contributed by atoms with Crippen LogP contribution in [0.3, 0.4) is 0 Å². The number of rotatable bonds is 3. The molecule has 0 atom stereocenters. The highest BCUT2D eigenvalue weighted by Crippen LogP contribution is 2.39. The van der Waals surface area contributed by atoms with Crippen LogP contribution in [0.1, 0.15) is 40.0 Å². The molecule has 2 aliphatic carbocycles. The standard InChI is InChI=1S/C20H23N3O2S/c1-23-8-7-14-10-18(25-17(14)11-23)26-22-20(24)21-19-15-4-2-3-12(15)9-13-5-6-16(13)19/h9-10H,2-8,11H2,1H3,(H2,21,22,24). The van der Waals surface area contributed by atoms with Gasteiger partial charge in [-0.1, -0.05) is 6.07 Å². The molecular weight excluding hydrogens is 346 g/mol. The van der Waals surface area contributed by atoms with Gasteiger partial charge in [0.25, 0.3) is 0 Å². The van der Waals surface area contributed by atoms with Gasteiger partial charge in [-0.25, -0.2) is 4.79 Å². The van der Waals surface area contributed by atoms with Crippen LogP contribution in [0, 0.1) is 0 Å². The lowest BCUT2D eigenvalue weighted by Gasteiger charge is -2.26. The van der Waals surface area contributed by atoms with E-state index in [1.54, 1.807) is 0 Å². The van der Waals surface area contributed by atoms with Crippen molar-refractivity contribution in [2.24, 2.45) is 0 Å². The number of likely N-dealkylation sites (N-methyl/N-ethyl adjacent to an activating group) is 1. The molecule has 26 heavy (non-hydrogen) atoms. The SMILES string of the molecule is CN1CCc2cc(SNC(=O)Nc3c4c(cc5c3CC5)CCC4)oc2C1. The lowest BCUT2D eigenvalue weighted by molar-refractivity contribution is 0.256. The highest BCUT2D eigenvalue weighted by molar-refractivity contribution is 7.97. The van der Waals surface area contributed by atoms with Crippen molar-refractivity contribution in [3.63, 3.8) is 0 Å². The molecule has 0 fully saturated rings. The van der Waals surface area contributed by atoms with Crippen molar-refractivity contribution in [2.45, 2.75) is 50.2 Å². The molecule has 5 nitrogen and oxygen atoms in total. The van der Waals surface area contributed by atoms with Crippen LogP contribution >= 0.6 is 11.9 Å². The zero-order valence-electron chi connectivity index (χ0n) is 15.0. The Morgan fingerprint density at radius 1 is 1.08 bits per heavy atom. The Morgan fingerprint density at radius 3 is 2.77 bits per heavy atom. The van der Waals surface area contributed by atoms with Crippen LogP contribution in [0.15, 0.2) is 21.6 Å². The molecule has 0 radical (unpaired) electrons. The summed E-state index contributed by atoms with van der Waals surface area (Å²) in [7, 11) is 2.10. The van der Waals surface area contributed by atoms with Crippen molar-refractivity contribution in [1.82, 2.24) is 9.62 Å². The van der Waals surface area contributed by atoms with Crippen LogP contribution in [-0.4, -0.2) is 24.5 Å². The molecule has 2 aromatic rings. The normalized spacial score (nSPS) is 17.9. The minimum atomic E-state index is -0.170. The summed E-state index contributed by atoms with van der Waals surface area (Å²) in [5.41, 5.74) is 7.85. The van der Waals surface area contributed by atoms with E-state index in [9.17, 15) is 4.79 Å². The Hall–Kier alpha value is -1.92. The van der Waals surface area contributed by atoms with Gasteiger partial charge in [0.1, 0.15) is 5.76 Å². The van der Waals surface area contributed by atoms with Gasteiger partial charge in [-0.05, 0) is 79.5 Å². The number of nitrogens with zero attached hydrogens (tertiary/aromatic N) is 1. The van der Waals surface area contributed by atoms with E-state index < -0.39 is 0 Å². The first-order chi connectivity index (χ1) is 12.7. The summed E-state index contributed by atoms with van der Waals surface area (Å²) in [5, 5.41) is 3.88. The molecule has 6 heteroatoms. The molecule has 0 saturated carbocycles. The number of anilines is 1. The second-order valence-corrected chi connectivity index (χ2v) is 8.35. The summed E-state index contributed by atoms with van der Waals surface area (Å²) in [6.45, 7) is 1.89. The van der Waals surface area contributed by atoms with Gasteiger partial charge in [0, 0.05) is 24.2 Å².